The van der Waals surface area contributed by atoms with Gasteiger partial charge in [0.2, 0.25) is 10.0 Å². The third kappa shape index (κ3) is 3.36. The number of carbonyl (C=O) groups excluding carboxylic acids is 1. The fraction of sp³-hybridized carbons (Fsp3) is 0.625. The van der Waals surface area contributed by atoms with Gasteiger partial charge in [-0.25, -0.2) is 13.4 Å². The Morgan fingerprint density at radius 3 is 2.74 bits per heavy atom. The second kappa shape index (κ2) is 6.71. The number of fused-ring (bicyclic) bond motifs is 1. The van der Waals surface area contributed by atoms with Crippen molar-refractivity contribution in [3.8, 4) is 0 Å². The van der Waals surface area contributed by atoms with Gasteiger partial charge in [-0.1, -0.05) is 6.42 Å². The van der Waals surface area contributed by atoms with E-state index in [0.29, 0.717) is 43.7 Å². The van der Waals surface area contributed by atoms with Crippen molar-refractivity contribution in [2.24, 2.45) is 0 Å². The fourth-order valence-electron chi connectivity index (χ4n) is 3.78. The summed E-state index contributed by atoms with van der Waals surface area (Å²) >= 11 is 0. The minimum Gasteiger partial charge on any atom is -0.448 e. The van der Waals surface area contributed by atoms with Crippen LogP contribution in [0.4, 0.5) is 0 Å². The number of rotatable bonds is 3. The van der Waals surface area contributed by atoms with Crippen LogP contribution in [0.25, 0.3) is 0 Å². The standard InChI is InChI=1S/C16H22N6O4S/c1-11-17-12(10-26-11)16(23)20-7-8-21-14(9-20)18-19-15(21)13-5-3-4-6-22(13)27(2,24)25/h10,13H,3-9H2,1-2H3. The van der Waals surface area contributed by atoms with Crippen molar-refractivity contribution in [1.29, 1.82) is 0 Å². The fourth-order valence-corrected chi connectivity index (χ4v) is 4.91. The van der Waals surface area contributed by atoms with E-state index in [9.17, 15) is 13.2 Å². The van der Waals surface area contributed by atoms with E-state index >= 15 is 0 Å². The second-order valence-electron chi connectivity index (χ2n) is 6.99. The molecule has 146 valence electrons. The Labute approximate surface area is 157 Å². The van der Waals surface area contributed by atoms with Gasteiger partial charge < -0.3 is 13.9 Å². The molecule has 27 heavy (non-hydrogen) atoms. The van der Waals surface area contributed by atoms with E-state index in [0.717, 1.165) is 19.3 Å². The highest BCUT2D eigenvalue weighted by Gasteiger charge is 2.36. The van der Waals surface area contributed by atoms with Crippen LogP contribution in [-0.4, -0.2) is 62.6 Å². The Hall–Kier alpha value is -2.27. The Kier molecular flexibility index (Phi) is 4.50. The largest absolute Gasteiger partial charge is 0.448 e. The number of carbonyl (C=O) groups is 1. The summed E-state index contributed by atoms with van der Waals surface area (Å²) in [6.07, 6.45) is 5.12. The quantitative estimate of drug-likeness (QED) is 0.753. The highest BCUT2D eigenvalue weighted by Crippen LogP contribution is 2.33. The summed E-state index contributed by atoms with van der Waals surface area (Å²) in [5.74, 6) is 1.56. The summed E-state index contributed by atoms with van der Waals surface area (Å²) in [5.41, 5.74) is 0.274. The van der Waals surface area contributed by atoms with Crippen molar-refractivity contribution in [3.63, 3.8) is 0 Å². The molecule has 2 aromatic heterocycles. The first kappa shape index (κ1) is 18.1. The predicted octanol–water partition coefficient (Wildman–Crippen LogP) is 0.717. The van der Waals surface area contributed by atoms with Crippen LogP contribution in [0.3, 0.4) is 0 Å². The van der Waals surface area contributed by atoms with Crippen molar-refractivity contribution in [3.05, 3.63) is 29.5 Å². The molecule has 0 aromatic carbocycles. The van der Waals surface area contributed by atoms with Crippen LogP contribution >= 0.6 is 0 Å². The topological polar surface area (TPSA) is 114 Å². The molecule has 1 amide bonds. The molecule has 0 radical (unpaired) electrons. The molecule has 11 heteroatoms. The predicted molar refractivity (Wildman–Crippen MR) is 94.1 cm³/mol. The van der Waals surface area contributed by atoms with Gasteiger partial charge >= 0.3 is 0 Å². The van der Waals surface area contributed by atoms with E-state index in [1.807, 2.05) is 4.57 Å². The lowest BCUT2D eigenvalue weighted by Crippen LogP contribution is -2.42. The molecule has 1 fully saturated rings. The van der Waals surface area contributed by atoms with Crippen LogP contribution in [0.1, 0.15) is 53.3 Å². The van der Waals surface area contributed by atoms with E-state index in [-0.39, 0.29) is 17.6 Å². The molecule has 0 aliphatic carbocycles. The Balaban J connectivity index is 1.57. The van der Waals surface area contributed by atoms with Gasteiger partial charge in [-0.05, 0) is 12.8 Å². The van der Waals surface area contributed by atoms with Gasteiger partial charge in [-0.2, -0.15) is 4.31 Å². The van der Waals surface area contributed by atoms with Gasteiger partial charge in [0.15, 0.2) is 23.2 Å². The minimum absolute atomic E-state index is 0.210. The zero-order chi connectivity index (χ0) is 19.2. The lowest BCUT2D eigenvalue weighted by atomic mass is 10.0. The summed E-state index contributed by atoms with van der Waals surface area (Å²) in [7, 11) is -3.32. The average Bonchev–Trinajstić information content (AvgIpc) is 3.26. The monoisotopic (exact) mass is 394 g/mol. The highest BCUT2D eigenvalue weighted by molar-refractivity contribution is 7.88. The van der Waals surface area contributed by atoms with Gasteiger partial charge in [0.1, 0.15) is 6.26 Å². The molecular formula is C16H22N6O4S. The molecule has 4 heterocycles. The van der Waals surface area contributed by atoms with Crippen LogP contribution in [0, 0.1) is 6.92 Å². The summed E-state index contributed by atoms with van der Waals surface area (Å²) in [6, 6.07) is -0.296. The molecule has 0 saturated carbocycles. The van der Waals surface area contributed by atoms with E-state index < -0.39 is 10.0 Å². The maximum atomic E-state index is 12.6. The molecule has 2 aliphatic heterocycles. The molecule has 10 nitrogen and oxygen atoms in total. The molecule has 0 bridgehead atoms. The van der Waals surface area contributed by atoms with Gasteiger partial charge in [-0.15, -0.1) is 10.2 Å². The van der Waals surface area contributed by atoms with Gasteiger partial charge in [0.05, 0.1) is 18.8 Å². The zero-order valence-electron chi connectivity index (χ0n) is 15.3. The minimum atomic E-state index is -3.32. The van der Waals surface area contributed by atoms with Gasteiger partial charge in [-0.3, -0.25) is 4.79 Å². The highest BCUT2D eigenvalue weighted by atomic mass is 32.2. The first-order chi connectivity index (χ1) is 12.8. The number of aryl methyl sites for hydroxylation is 1. The third-order valence-electron chi connectivity index (χ3n) is 5.08. The van der Waals surface area contributed by atoms with E-state index in [1.165, 1.54) is 16.8 Å². The van der Waals surface area contributed by atoms with Crippen LogP contribution < -0.4 is 0 Å². The number of nitrogens with zero attached hydrogens (tertiary/aromatic N) is 6. The Morgan fingerprint density at radius 1 is 1.22 bits per heavy atom. The maximum absolute atomic E-state index is 12.6. The van der Waals surface area contributed by atoms with Crippen LogP contribution in [0.2, 0.25) is 0 Å². The van der Waals surface area contributed by atoms with Crippen molar-refractivity contribution >= 4 is 15.9 Å². The number of sulfonamides is 1. The van der Waals surface area contributed by atoms with E-state index in [2.05, 4.69) is 15.2 Å². The van der Waals surface area contributed by atoms with Crippen LogP contribution in [0.15, 0.2) is 10.7 Å². The van der Waals surface area contributed by atoms with Gasteiger partial charge in [0.25, 0.3) is 5.91 Å². The number of oxazole rings is 1. The van der Waals surface area contributed by atoms with Crippen molar-refractivity contribution < 1.29 is 17.6 Å². The van der Waals surface area contributed by atoms with Crippen molar-refractivity contribution in [2.75, 3.05) is 19.3 Å². The number of amides is 1. The molecular weight excluding hydrogens is 372 g/mol. The Bertz CT molecular complexity index is 965. The zero-order valence-corrected chi connectivity index (χ0v) is 16.1. The molecule has 0 N–H and O–H groups in total. The summed E-state index contributed by atoms with van der Waals surface area (Å²) in [4.78, 5) is 18.3. The molecule has 2 aromatic rings. The van der Waals surface area contributed by atoms with Crippen LogP contribution in [0.5, 0.6) is 0 Å². The van der Waals surface area contributed by atoms with E-state index in [4.69, 9.17) is 4.42 Å². The average molecular weight is 394 g/mol. The molecule has 1 atom stereocenters. The first-order valence-corrected chi connectivity index (χ1v) is 10.8. The lowest BCUT2D eigenvalue weighted by molar-refractivity contribution is 0.0698. The summed E-state index contributed by atoms with van der Waals surface area (Å²) in [5, 5.41) is 8.52. The van der Waals surface area contributed by atoms with Gasteiger partial charge in [0, 0.05) is 26.6 Å². The first-order valence-electron chi connectivity index (χ1n) is 8.95. The SMILES string of the molecule is Cc1nc(C(=O)N2CCn3c(nnc3C3CCCCN3S(C)(=O)=O)C2)co1. The smallest absolute Gasteiger partial charge is 0.276 e. The molecule has 1 unspecified atom stereocenters. The molecule has 1 saturated heterocycles. The number of hydrogen-bond acceptors (Lipinski definition) is 7. The lowest BCUT2D eigenvalue weighted by Gasteiger charge is -2.34. The summed E-state index contributed by atoms with van der Waals surface area (Å²) in [6.45, 7) is 3.50. The third-order valence-corrected chi connectivity index (χ3v) is 6.37. The molecule has 0 spiro atoms. The van der Waals surface area contributed by atoms with Crippen molar-refractivity contribution in [2.45, 2.75) is 45.3 Å². The van der Waals surface area contributed by atoms with Crippen LogP contribution in [-0.2, 0) is 23.1 Å². The normalized spacial score (nSPS) is 21.3. The second-order valence-corrected chi connectivity index (χ2v) is 8.92. The Morgan fingerprint density at radius 2 is 2.04 bits per heavy atom. The number of piperidine rings is 1. The number of aromatic nitrogens is 4. The summed E-state index contributed by atoms with van der Waals surface area (Å²) < 4.78 is 32.9. The molecule has 2 aliphatic rings. The molecule has 4 rings (SSSR count). The van der Waals surface area contributed by atoms with Crippen molar-refractivity contribution in [1.82, 2.24) is 29.0 Å². The maximum Gasteiger partial charge on any atom is 0.276 e. The number of hydrogen-bond donors (Lipinski definition) is 0. The van der Waals surface area contributed by atoms with E-state index in [1.54, 1.807) is 11.8 Å².